The molecule has 0 spiro atoms. The van der Waals surface area contributed by atoms with E-state index in [1.54, 1.807) is 18.3 Å². The molecule has 0 saturated carbocycles. The smallest absolute Gasteiger partial charge is 0.136 e. The lowest BCUT2D eigenvalue weighted by atomic mass is 10.2. The molecule has 2 aromatic rings. The van der Waals surface area contributed by atoms with Crippen LogP contribution in [0.4, 0.5) is 4.39 Å². The molecule has 0 aliphatic rings. The molecule has 0 aromatic carbocycles. The van der Waals surface area contributed by atoms with Crippen molar-refractivity contribution in [3.63, 3.8) is 0 Å². The van der Waals surface area contributed by atoms with Gasteiger partial charge in [0.25, 0.3) is 0 Å². The molecule has 0 aliphatic heterocycles. The second kappa shape index (κ2) is 4.31. The highest BCUT2D eigenvalue weighted by molar-refractivity contribution is 7.11. The fourth-order valence-electron chi connectivity index (χ4n) is 1.16. The Morgan fingerprint density at radius 1 is 1.53 bits per heavy atom. The first-order chi connectivity index (χ1) is 7.31. The van der Waals surface area contributed by atoms with E-state index in [0.29, 0.717) is 4.88 Å². The Labute approximate surface area is 91.1 Å². The fraction of sp³-hybridized carbons (Fsp3) is 0. The Balaban J connectivity index is 2.36. The van der Waals surface area contributed by atoms with E-state index in [0.717, 1.165) is 11.3 Å². The van der Waals surface area contributed by atoms with Crippen LogP contribution >= 0.6 is 11.3 Å². The molecule has 2 nitrogen and oxygen atoms in total. The molecule has 2 aromatic heterocycles. The summed E-state index contributed by atoms with van der Waals surface area (Å²) < 4.78 is 13.2. The van der Waals surface area contributed by atoms with E-state index in [2.05, 4.69) is 16.9 Å². The summed E-state index contributed by atoms with van der Waals surface area (Å²) in [7, 11) is 0. The minimum atomic E-state index is -0.305. The largest absolute Gasteiger partial charge is 0.245 e. The molecule has 0 atom stereocenters. The third-order valence-corrected chi connectivity index (χ3v) is 2.83. The molecule has 2 rings (SSSR count). The van der Waals surface area contributed by atoms with Gasteiger partial charge >= 0.3 is 0 Å². The summed E-state index contributed by atoms with van der Waals surface area (Å²) in [6.45, 7) is 3.39. The van der Waals surface area contributed by atoms with Crippen molar-refractivity contribution >= 4 is 17.2 Å². The lowest BCUT2D eigenvalue weighted by Crippen LogP contribution is -1.80. The normalized spacial score (nSPS) is 11.7. The van der Waals surface area contributed by atoms with E-state index >= 15 is 0 Å². The third kappa shape index (κ3) is 2.10. The van der Waals surface area contributed by atoms with Gasteiger partial charge in [-0.15, -0.1) is 11.3 Å². The second-order valence-electron chi connectivity index (χ2n) is 2.85. The molecule has 75 valence electrons. The number of thiophene rings is 1. The minimum absolute atomic E-state index is 0.305. The molecule has 1 radical (unpaired) electrons. The van der Waals surface area contributed by atoms with E-state index in [9.17, 15) is 4.39 Å². The van der Waals surface area contributed by atoms with Crippen LogP contribution in [-0.2, 0) is 0 Å². The summed E-state index contributed by atoms with van der Waals surface area (Å²) in [4.78, 5) is 8.48. The fourth-order valence-corrected chi connectivity index (χ4v) is 1.99. The molecular formula is C11H8FN2S. The first kappa shape index (κ1) is 9.98. The van der Waals surface area contributed by atoms with Gasteiger partial charge in [0.2, 0.25) is 0 Å². The highest BCUT2D eigenvalue weighted by Gasteiger charge is 2.06. The predicted octanol–water partition coefficient (Wildman–Crippen LogP) is 3.35. The van der Waals surface area contributed by atoms with Crippen LogP contribution in [0.25, 0.3) is 17.1 Å². The standard InChI is InChI=1S/C11H8FN2S/c1-2-9(12)11-5-8(6-15-11)10-3-4-13-7-14-10/h2-7H,1H2/b9-2+. The van der Waals surface area contributed by atoms with Crippen molar-refractivity contribution in [1.82, 2.24) is 9.97 Å². The second-order valence-corrected chi connectivity index (χ2v) is 3.76. The zero-order valence-electron chi connectivity index (χ0n) is 7.85. The zero-order valence-corrected chi connectivity index (χ0v) is 8.67. The van der Waals surface area contributed by atoms with Gasteiger partial charge in [-0.2, -0.15) is 0 Å². The maximum Gasteiger partial charge on any atom is 0.136 e. The summed E-state index contributed by atoms with van der Waals surface area (Å²) in [6.07, 6.45) is 4.34. The third-order valence-electron chi connectivity index (χ3n) is 1.89. The molecular weight excluding hydrogens is 211 g/mol. The SMILES string of the molecule is [CH2]/C=C(/F)c1cc(-c2ccncn2)cs1. The summed E-state index contributed by atoms with van der Waals surface area (Å²) >= 11 is 1.33. The van der Waals surface area contributed by atoms with E-state index in [4.69, 9.17) is 0 Å². The number of halogens is 1. The molecule has 0 bridgehead atoms. The topological polar surface area (TPSA) is 25.8 Å². The van der Waals surface area contributed by atoms with Crippen LogP contribution in [0, 0.1) is 6.92 Å². The Bertz CT molecular complexity index is 476. The van der Waals surface area contributed by atoms with E-state index in [-0.39, 0.29) is 5.83 Å². The van der Waals surface area contributed by atoms with Crippen molar-refractivity contribution < 1.29 is 4.39 Å². The zero-order chi connectivity index (χ0) is 10.7. The Kier molecular flexibility index (Phi) is 2.87. The first-order valence-electron chi connectivity index (χ1n) is 4.31. The summed E-state index contributed by atoms with van der Waals surface area (Å²) in [5, 5.41) is 1.86. The highest BCUT2D eigenvalue weighted by Crippen LogP contribution is 2.28. The minimum Gasteiger partial charge on any atom is -0.245 e. The lowest BCUT2D eigenvalue weighted by Gasteiger charge is -1.93. The average Bonchev–Trinajstić information content (AvgIpc) is 2.78. The van der Waals surface area contributed by atoms with Crippen molar-refractivity contribution in [3.05, 3.63) is 47.9 Å². The van der Waals surface area contributed by atoms with Gasteiger partial charge in [-0.05, 0) is 25.1 Å². The predicted molar refractivity (Wildman–Crippen MR) is 59.8 cm³/mol. The Morgan fingerprint density at radius 3 is 3.07 bits per heavy atom. The van der Waals surface area contributed by atoms with Gasteiger partial charge in [0.05, 0.1) is 10.6 Å². The van der Waals surface area contributed by atoms with Crippen LogP contribution in [0.5, 0.6) is 0 Å². The Morgan fingerprint density at radius 2 is 2.40 bits per heavy atom. The number of allylic oxidation sites excluding steroid dienone is 1. The van der Waals surface area contributed by atoms with E-state index in [1.807, 2.05) is 5.38 Å². The summed E-state index contributed by atoms with van der Waals surface area (Å²) in [5.74, 6) is -0.305. The van der Waals surface area contributed by atoms with Gasteiger partial charge in [-0.25, -0.2) is 14.4 Å². The van der Waals surface area contributed by atoms with Gasteiger partial charge in [-0.3, -0.25) is 0 Å². The maximum absolute atomic E-state index is 13.2. The maximum atomic E-state index is 13.2. The number of hydrogen-bond acceptors (Lipinski definition) is 3. The summed E-state index contributed by atoms with van der Waals surface area (Å²) in [6, 6.07) is 3.54. The highest BCUT2D eigenvalue weighted by atomic mass is 32.1. The Hall–Kier alpha value is -1.55. The molecule has 0 N–H and O–H groups in total. The molecule has 0 saturated heterocycles. The van der Waals surface area contributed by atoms with E-state index in [1.165, 1.54) is 23.7 Å². The lowest BCUT2D eigenvalue weighted by molar-refractivity contribution is 0.764. The van der Waals surface area contributed by atoms with Crippen LogP contribution in [0.1, 0.15) is 4.88 Å². The van der Waals surface area contributed by atoms with Crippen LogP contribution in [0.15, 0.2) is 36.1 Å². The first-order valence-corrected chi connectivity index (χ1v) is 5.19. The molecule has 15 heavy (non-hydrogen) atoms. The van der Waals surface area contributed by atoms with Crippen LogP contribution in [0.2, 0.25) is 0 Å². The number of hydrogen-bond donors (Lipinski definition) is 0. The quantitative estimate of drug-likeness (QED) is 0.774. The van der Waals surface area contributed by atoms with Crippen molar-refractivity contribution in [2.24, 2.45) is 0 Å². The molecule has 2 heterocycles. The number of nitrogens with zero attached hydrogens (tertiary/aromatic N) is 2. The molecule has 0 fully saturated rings. The van der Waals surface area contributed by atoms with Crippen molar-refractivity contribution in [2.45, 2.75) is 0 Å². The van der Waals surface area contributed by atoms with Crippen LogP contribution in [0.3, 0.4) is 0 Å². The van der Waals surface area contributed by atoms with Gasteiger partial charge in [-0.1, -0.05) is 0 Å². The van der Waals surface area contributed by atoms with Crippen molar-refractivity contribution in [1.29, 1.82) is 0 Å². The average molecular weight is 219 g/mol. The van der Waals surface area contributed by atoms with Gasteiger partial charge in [0.1, 0.15) is 12.2 Å². The molecule has 0 amide bonds. The molecule has 4 heteroatoms. The van der Waals surface area contributed by atoms with Crippen LogP contribution in [-0.4, -0.2) is 9.97 Å². The summed E-state index contributed by atoms with van der Waals surface area (Å²) in [5.41, 5.74) is 1.69. The van der Waals surface area contributed by atoms with Crippen molar-refractivity contribution in [2.75, 3.05) is 0 Å². The van der Waals surface area contributed by atoms with E-state index < -0.39 is 0 Å². The van der Waals surface area contributed by atoms with Crippen molar-refractivity contribution in [3.8, 4) is 11.3 Å². The van der Waals surface area contributed by atoms with Gasteiger partial charge in [0.15, 0.2) is 0 Å². The van der Waals surface area contributed by atoms with Gasteiger partial charge < -0.3 is 0 Å². The number of rotatable bonds is 2. The monoisotopic (exact) mass is 219 g/mol. The van der Waals surface area contributed by atoms with Crippen LogP contribution < -0.4 is 0 Å². The molecule has 0 aliphatic carbocycles. The number of aromatic nitrogens is 2. The van der Waals surface area contributed by atoms with Gasteiger partial charge in [0, 0.05) is 17.1 Å². The molecule has 0 unspecified atom stereocenters.